The largest absolute Gasteiger partial charge is 0.374 e. The van der Waals surface area contributed by atoms with E-state index in [0.29, 0.717) is 19.8 Å². The molecule has 0 radical (unpaired) electrons. The molecule has 0 atom stereocenters. The van der Waals surface area contributed by atoms with Crippen LogP contribution >= 0.6 is 15.9 Å². The molecule has 2 nitrogen and oxygen atoms in total. The molecule has 0 saturated heterocycles. The molecule has 0 aliphatic heterocycles. The molecule has 1 aromatic carbocycles. The Kier molecular flexibility index (Phi) is 5.46. The lowest BCUT2D eigenvalue weighted by Gasteiger charge is -2.19. The van der Waals surface area contributed by atoms with Crippen LogP contribution in [-0.4, -0.2) is 18.8 Å². The summed E-state index contributed by atoms with van der Waals surface area (Å²) in [4.78, 5) is 0. The Hall–Kier alpha value is -0.380. The fraction of sp³-hybridized carbons (Fsp3) is 0.538. The van der Waals surface area contributed by atoms with Crippen molar-refractivity contribution in [1.82, 2.24) is 0 Å². The van der Waals surface area contributed by atoms with Crippen LogP contribution in [0.5, 0.6) is 0 Å². The number of ether oxygens (including phenoxy) is 2. The van der Waals surface area contributed by atoms with Gasteiger partial charge in [0.15, 0.2) is 0 Å². The van der Waals surface area contributed by atoms with Gasteiger partial charge in [-0.05, 0) is 38.5 Å². The van der Waals surface area contributed by atoms with Crippen molar-refractivity contribution < 1.29 is 9.47 Å². The second kappa shape index (κ2) is 6.38. The van der Waals surface area contributed by atoms with Crippen molar-refractivity contribution in [3.05, 3.63) is 34.3 Å². The standard InChI is InChI=1S/C13H19BrO2/c1-13(2,3)16-8-7-15-10-11-5-4-6-12(14)9-11/h4-6,9H,7-8,10H2,1-3H3. The van der Waals surface area contributed by atoms with Crippen LogP contribution in [0.2, 0.25) is 0 Å². The molecule has 0 amide bonds. The van der Waals surface area contributed by atoms with Gasteiger partial charge in [0, 0.05) is 4.47 Å². The van der Waals surface area contributed by atoms with Crippen LogP contribution in [0.15, 0.2) is 28.7 Å². The van der Waals surface area contributed by atoms with E-state index in [1.807, 2.05) is 32.9 Å². The highest BCUT2D eigenvalue weighted by atomic mass is 79.9. The first-order valence-corrected chi connectivity index (χ1v) is 6.23. The van der Waals surface area contributed by atoms with Gasteiger partial charge in [-0.1, -0.05) is 28.1 Å². The Morgan fingerprint density at radius 1 is 1.19 bits per heavy atom. The lowest BCUT2D eigenvalue weighted by Crippen LogP contribution is -2.21. The number of hydrogen-bond acceptors (Lipinski definition) is 2. The first-order valence-electron chi connectivity index (χ1n) is 5.43. The molecule has 1 aromatic rings. The fourth-order valence-electron chi connectivity index (χ4n) is 1.22. The third-order valence-electron chi connectivity index (χ3n) is 1.92. The zero-order valence-corrected chi connectivity index (χ0v) is 11.7. The second-order valence-electron chi connectivity index (χ2n) is 4.64. The number of rotatable bonds is 5. The minimum absolute atomic E-state index is 0.0842. The molecular formula is C13H19BrO2. The zero-order valence-electron chi connectivity index (χ0n) is 10.1. The summed E-state index contributed by atoms with van der Waals surface area (Å²) in [6, 6.07) is 8.13. The van der Waals surface area contributed by atoms with E-state index in [1.54, 1.807) is 0 Å². The summed E-state index contributed by atoms with van der Waals surface area (Å²) in [6.45, 7) is 8.03. The second-order valence-corrected chi connectivity index (χ2v) is 5.56. The predicted octanol–water partition coefficient (Wildman–Crippen LogP) is 3.78. The van der Waals surface area contributed by atoms with Crippen molar-refractivity contribution in [2.24, 2.45) is 0 Å². The molecule has 3 heteroatoms. The molecule has 0 aliphatic carbocycles. The van der Waals surface area contributed by atoms with E-state index in [4.69, 9.17) is 9.47 Å². The smallest absolute Gasteiger partial charge is 0.0718 e. The summed E-state index contributed by atoms with van der Waals surface area (Å²) in [6.07, 6.45) is 0. The fourth-order valence-corrected chi connectivity index (χ4v) is 1.67. The highest BCUT2D eigenvalue weighted by Gasteiger charge is 2.08. The minimum Gasteiger partial charge on any atom is -0.374 e. The maximum atomic E-state index is 5.56. The normalized spacial score (nSPS) is 11.8. The number of halogens is 1. The van der Waals surface area contributed by atoms with Gasteiger partial charge in [-0.3, -0.25) is 0 Å². The van der Waals surface area contributed by atoms with E-state index >= 15 is 0 Å². The van der Waals surface area contributed by atoms with Crippen LogP contribution in [-0.2, 0) is 16.1 Å². The highest BCUT2D eigenvalue weighted by Crippen LogP contribution is 2.12. The van der Waals surface area contributed by atoms with E-state index in [0.717, 1.165) is 4.47 Å². The average Bonchev–Trinajstić information content (AvgIpc) is 2.15. The Labute approximate surface area is 106 Å². The summed E-state index contributed by atoms with van der Waals surface area (Å²) in [5.41, 5.74) is 1.09. The van der Waals surface area contributed by atoms with Crippen LogP contribution < -0.4 is 0 Å². The van der Waals surface area contributed by atoms with Gasteiger partial charge in [-0.15, -0.1) is 0 Å². The maximum absolute atomic E-state index is 5.56. The van der Waals surface area contributed by atoms with Gasteiger partial charge in [0.25, 0.3) is 0 Å². The lowest BCUT2D eigenvalue weighted by atomic mass is 10.2. The minimum atomic E-state index is -0.0842. The summed E-state index contributed by atoms with van der Waals surface area (Å²) >= 11 is 3.43. The predicted molar refractivity (Wildman–Crippen MR) is 69.5 cm³/mol. The Balaban J connectivity index is 2.17. The van der Waals surface area contributed by atoms with Crippen LogP contribution in [0.1, 0.15) is 26.3 Å². The third kappa shape index (κ3) is 6.26. The Bertz CT molecular complexity index is 318. The van der Waals surface area contributed by atoms with Gasteiger partial charge in [-0.2, -0.15) is 0 Å². The molecule has 16 heavy (non-hydrogen) atoms. The summed E-state index contributed by atoms with van der Waals surface area (Å²) in [5, 5.41) is 0. The zero-order chi connectivity index (χ0) is 12.0. The topological polar surface area (TPSA) is 18.5 Å². The van der Waals surface area contributed by atoms with E-state index in [9.17, 15) is 0 Å². The van der Waals surface area contributed by atoms with Crippen molar-refractivity contribution in [2.75, 3.05) is 13.2 Å². The van der Waals surface area contributed by atoms with Crippen molar-refractivity contribution >= 4 is 15.9 Å². The van der Waals surface area contributed by atoms with Crippen molar-refractivity contribution in [2.45, 2.75) is 33.0 Å². The molecule has 0 fully saturated rings. The summed E-state index contributed by atoms with van der Waals surface area (Å²) < 4.78 is 12.2. The van der Waals surface area contributed by atoms with Crippen LogP contribution in [0.25, 0.3) is 0 Å². The van der Waals surface area contributed by atoms with Crippen LogP contribution in [0.3, 0.4) is 0 Å². The first kappa shape index (κ1) is 13.7. The summed E-state index contributed by atoms with van der Waals surface area (Å²) in [7, 11) is 0. The van der Waals surface area contributed by atoms with E-state index in [-0.39, 0.29) is 5.60 Å². The molecule has 0 N–H and O–H groups in total. The van der Waals surface area contributed by atoms with Gasteiger partial charge >= 0.3 is 0 Å². The van der Waals surface area contributed by atoms with Crippen LogP contribution in [0, 0.1) is 0 Å². The lowest BCUT2D eigenvalue weighted by molar-refractivity contribution is -0.0376. The maximum Gasteiger partial charge on any atom is 0.0718 e. The van der Waals surface area contributed by atoms with Gasteiger partial charge < -0.3 is 9.47 Å². The van der Waals surface area contributed by atoms with Gasteiger partial charge in [-0.25, -0.2) is 0 Å². The number of hydrogen-bond donors (Lipinski definition) is 0. The third-order valence-corrected chi connectivity index (χ3v) is 2.41. The van der Waals surface area contributed by atoms with Crippen molar-refractivity contribution in [1.29, 1.82) is 0 Å². The van der Waals surface area contributed by atoms with Crippen molar-refractivity contribution in [3.8, 4) is 0 Å². The Morgan fingerprint density at radius 3 is 2.56 bits per heavy atom. The Morgan fingerprint density at radius 2 is 1.94 bits per heavy atom. The van der Waals surface area contributed by atoms with Crippen molar-refractivity contribution in [3.63, 3.8) is 0 Å². The average molecular weight is 287 g/mol. The molecule has 0 spiro atoms. The molecule has 0 saturated carbocycles. The van der Waals surface area contributed by atoms with Gasteiger partial charge in [0.2, 0.25) is 0 Å². The van der Waals surface area contributed by atoms with Gasteiger partial charge in [0.1, 0.15) is 0 Å². The van der Waals surface area contributed by atoms with E-state index in [1.165, 1.54) is 5.56 Å². The molecule has 0 aromatic heterocycles. The molecular weight excluding hydrogens is 268 g/mol. The number of benzene rings is 1. The molecule has 1 rings (SSSR count). The SMILES string of the molecule is CC(C)(C)OCCOCc1cccc(Br)c1. The highest BCUT2D eigenvalue weighted by molar-refractivity contribution is 9.10. The van der Waals surface area contributed by atoms with E-state index in [2.05, 4.69) is 28.1 Å². The molecule has 90 valence electrons. The van der Waals surface area contributed by atoms with Gasteiger partial charge in [0.05, 0.1) is 25.4 Å². The monoisotopic (exact) mass is 286 g/mol. The molecule has 0 unspecified atom stereocenters. The molecule has 0 bridgehead atoms. The molecule has 0 heterocycles. The molecule has 0 aliphatic rings. The first-order chi connectivity index (χ1) is 7.47. The quantitative estimate of drug-likeness (QED) is 0.767. The van der Waals surface area contributed by atoms with Crippen LogP contribution in [0.4, 0.5) is 0 Å². The van der Waals surface area contributed by atoms with E-state index < -0.39 is 0 Å². The summed E-state index contributed by atoms with van der Waals surface area (Å²) in [5.74, 6) is 0.